The number of halogens is 2. The normalized spacial score (nSPS) is 11.7. The van der Waals surface area contributed by atoms with E-state index in [1.807, 2.05) is 0 Å². The van der Waals surface area contributed by atoms with Crippen molar-refractivity contribution in [2.75, 3.05) is 12.0 Å². The molecule has 0 amide bonds. The van der Waals surface area contributed by atoms with E-state index in [2.05, 4.69) is 39.1 Å². The minimum atomic E-state index is -3.25. The highest BCUT2D eigenvalue weighted by atomic mass is 79.9. The third kappa shape index (κ3) is 15.5. The molecule has 82 valence electrons. The first-order chi connectivity index (χ1) is 5.68. The van der Waals surface area contributed by atoms with Crippen molar-refractivity contribution in [3.05, 3.63) is 0 Å². The van der Waals surface area contributed by atoms with Gasteiger partial charge in [-0.05, 0) is 6.92 Å². The van der Waals surface area contributed by atoms with E-state index in [0.29, 0.717) is 0 Å². The molecular formula is C3H8Br2O6S2. The molecule has 6 nitrogen and oxygen atoms in total. The van der Waals surface area contributed by atoms with Gasteiger partial charge in [-0.1, -0.05) is 0 Å². The van der Waals surface area contributed by atoms with Crippen molar-refractivity contribution in [3.63, 3.8) is 0 Å². The van der Waals surface area contributed by atoms with Gasteiger partial charge in [0.05, 0.1) is 12.0 Å². The third-order valence-electron chi connectivity index (χ3n) is 0.564. The maximum absolute atomic E-state index is 10.1. The molecule has 0 unspecified atom stereocenters. The topological polar surface area (TPSA) is 86.7 Å². The summed E-state index contributed by atoms with van der Waals surface area (Å²) in [5, 5.41) is 0. The smallest absolute Gasteiger partial charge is 0.199 e. The second-order valence-corrected chi connectivity index (χ2v) is 6.62. The Labute approximate surface area is 94.8 Å². The largest absolute Gasteiger partial charge is 0.277 e. The van der Waals surface area contributed by atoms with E-state index in [1.54, 1.807) is 0 Å². The van der Waals surface area contributed by atoms with Crippen LogP contribution in [0.2, 0.25) is 0 Å². The predicted molar refractivity (Wildman–Crippen MR) is 54.3 cm³/mol. The molecule has 0 aromatic rings. The molecule has 10 heteroatoms. The molecule has 0 radical (unpaired) electrons. The molecule has 0 N–H and O–H groups in total. The van der Waals surface area contributed by atoms with Crippen molar-refractivity contribution < 1.29 is 23.4 Å². The predicted octanol–water partition coefficient (Wildman–Crippen LogP) is 0.935. The van der Waals surface area contributed by atoms with E-state index in [-0.39, 0.29) is 5.75 Å². The fourth-order valence-electron chi connectivity index (χ4n) is 0.0445. The maximum Gasteiger partial charge on any atom is 0.277 e. The summed E-state index contributed by atoms with van der Waals surface area (Å²) >= 11 is 4.62. The van der Waals surface area contributed by atoms with Gasteiger partial charge in [0.15, 0.2) is 0 Å². The first-order valence-corrected chi connectivity index (χ1v) is 7.40. The molecule has 0 aromatic carbocycles. The highest BCUT2D eigenvalue weighted by Crippen LogP contribution is 1.96. The summed E-state index contributed by atoms with van der Waals surface area (Å²) in [7, 11) is -6.49. The van der Waals surface area contributed by atoms with Crippen molar-refractivity contribution in [1.82, 2.24) is 0 Å². The molecule has 0 aliphatic carbocycles. The standard InChI is InChI=1S/C2H5BrO3S.CH3BrO3S/c1-2-7(4,5)6-3;1-6(3,4)5-2/h2H2,1H3;1H3. The molecule has 0 heterocycles. The van der Waals surface area contributed by atoms with Gasteiger partial charge >= 0.3 is 0 Å². The van der Waals surface area contributed by atoms with E-state index >= 15 is 0 Å². The van der Waals surface area contributed by atoms with Gasteiger partial charge in [0, 0.05) is 0 Å². The second kappa shape index (κ2) is 7.12. The SMILES string of the molecule is CCS(=O)(=O)OBr.CS(=O)(=O)OBr. The van der Waals surface area contributed by atoms with Crippen molar-refractivity contribution in [3.8, 4) is 0 Å². The molecule has 0 saturated carbocycles. The zero-order valence-electron chi connectivity index (χ0n) is 6.73. The first kappa shape index (κ1) is 16.2. The average molecular weight is 364 g/mol. The molecule has 13 heavy (non-hydrogen) atoms. The van der Waals surface area contributed by atoms with Crippen molar-refractivity contribution in [1.29, 1.82) is 0 Å². The van der Waals surface area contributed by atoms with Gasteiger partial charge in [-0.25, -0.2) is 0 Å². The minimum absolute atomic E-state index is 0.00174. The van der Waals surface area contributed by atoms with E-state index in [4.69, 9.17) is 0 Å². The molecule has 0 aliphatic rings. The molecular weight excluding hydrogens is 356 g/mol. The summed E-state index contributed by atoms with van der Waals surface area (Å²) in [6, 6.07) is 0. The summed E-state index contributed by atoms with van der Waals surface area (Å²) in [4.78, 5) is 0. The fourth-order valence-corrected chi connectivity index (χ4v) is 0.694. The van der Waals surface area contributed by atoms with E-state index in [1.165, 1.54) is 6.92 Å². The summed E-state index contributed by atoms with van der Waals surface area (Å²) < 4.78 is 47.3. The van der Waals surface area contributed by atoms with Gasteiger partial charge in [-0.2, -0.15) is 23.4 Å². The maximum atomic E-state index is 10.1. The summed E-state index contributed by atoms with van der Waals surface area (Å²) in [6.07, 6.45) is 0.946. The number of hydrogen-bond acceptors (Lipinski definition) is 6. The van der Waals surface area contributed by atoms with Gasteiger partial charge in [-0.15, -0.1) is 0 Å². The molecule has 0 saturated heterocycles. The average Bonchev–Trinajstić information content (AvgIpc) is 2.04. The summed E-state index contributed by atoms with van der Waals surface area (Å²) in [5.74, 6) is -0.00174. The first-order valence-electron chi connectivity index (χ1n) is 2.71. The van der Waals surface area contributed by atoms with E-state index in [0.717, 1.165) is 6.26 Å². The van der Waals surface area contributed by atoms with Crippen LogP contribution in [0.15, 0.2) is 0 Å². The van der Waals surface area contributed by atoms with Crippen LogP contribution in [0.25, 0.3) is 0 Å². The van der Waals surface area contributed by atoms with E-state index < -0.39 is 20.2 Å². The van der Waals surface area contributed by atoms with Gasteiger partial charge < -0.3 is 0 Å². The molecule has 0 bridgehead atoms. The van der Waals surface area contributed by atoms with Crippen molar-refractivity contribution in [2.45, 2.75) is 6.92 Å². The molecule has 0 aliphatic heterocycles. The third-order valence-corrected chi connectivity index (χ3v) is 4.34. The number of hydrogen-bond donors (Lipinski definition) is 0. The van der Waals surface area contributed by atoms with Gasteiger partial charge in [-0.3, -0.25) is 0 Å². The summed E-state index contributed by atoms with van der Waals surface area (Å²) in [5.41, 5.74) is 0. The molecule has 0 spiro atoms. The minimum Gasteiger partial charge on any atom is -0.199 e. The van der Waals surface area contributed by atoms with Crippen LogP contribution in [0.3, 0.4) is 0 Å². The summed E-state index contributed by atoms with van der Waals surface area (Å²) in [6.45, 7) is 1.50. The fraction of sp³-hybridized carbons (Fsp3) is 1.00. The molecule has 0 aromatic heterocycles. The quantitative estimate of drug-likeness (QED) is 0.741. The van der Waals surface area contributed by atoms with Gasteiger partial charge in [0.1, 0.15) is 32.5 Å². The second-order valence-electron chi connectivity index (χ2n) is 1.68. The van der Waals surface area contributed by atoms with Crippen molar-refractivity contribution in [2.24, 2.45) is 0 Å². The zero-order chi connectivity index (χ0) is 11.1. The molecule has 0 rings (SSSR count). The Morgan fingerprint density at radius 1 is 1.08 bits per heavy atom. The van der Waals surface area contributed by atoms with Crippen LogP contribution >= 0.6 is 32.5 Å². The Bertz CT molecular complexity index is 295. The van der Waals surface area contributed by atoms with Crippen LogP contribution in [0.4, 0.5) is 0 Å². The highest BCUT2D eigenvalue weighted by molar-refractivity contribution is 9.07. The Morgan fingerprint density at radius 2 is 1.38 bits per heavy atom. The van der Waals surface area contributed by atoms with Crippen LogP contribution in [0.1, 0.15) is 6.92 Å². The van der Waals surface area contributed by atoms with Gasteiger partial charge in [0.2, 0.25) is 0 Å². The lowest BCUT2D eigenvalue weighted by Gasteiger charge is -1.87. The van der Waals surface area contributed by atoms with Crippen LogP contribution in [0.5, 0.6) is 0 Å². The number of rotatable bonds is 3. The lowest BCUT2D eigenvalue weighted by Crippen LogP contribution is -1.99. The van der Waals surface area contributed by atoms with Crippen LogP contribution < -0.4 is 0 Å². The van der Waals surface area contributed by atoms with E-state index in [9.17, 15) is 16.8 Å². The van der Waals surface area contributed by atoms with Crippen LogP contribution in [-0.2, 0) is 26.8 Å². The van der Waals surface area contributed by atoms with Crippen molar-refractivity contribution >= 4 is 52.8 Å². The van der Waals surface area contributed by atoms with Gasteiger partial charge in [0.25, 0.3) is 20.2 Å². The Hall–Kier alpha value is 0.780. The Balaban J connectivity index is 0. The van der Waals surface area contributed by atoms with Crippen LogP contribution in [-0.4, -0.2) is 28.8 Å². The highest BCUT2D eigenvalue weighted by Gasteiger charge is 2.02. The van der Waals surface area contributed by atoms with Crippen LogP contribution in [0, 0.1) is 0 Å². The molecule has 0 fully saturated rings. The Morgan fingerprint density at radius 3 is 1.38 bits per heavy atom. The molecule has 0 atom stereocenters. The monoisotopic (exact) mass is 362 g/mol. The zero-order valence-corrected chi connectivity index (χ0v) is 11.5. The Kier molecular flexibility index (Phi) is 8.89. The lowest BCUT2D eigenvalue weighted by atomic mass is 11.0. The lowest BCUT2D eigenvalue weighted by molar-refractivity contribution is 0.528.